The molecule has 1 rings (SSSR count). The molecule has 0 aliphatic rings. The Labute approximate surface area is 97.2 Å². The summed E-state index contributed by atoms with van der Waals surface area (Å²) in [4.78, 5) is 0. The molecular weight excluding hydrogens is 235 g/mol. The molecule has 1 nitrogen and oxygen atoms in total. The van der Waals surface area contributed by atoms with Crippen molar-refractivity contribution in [2.75, 3.05) is 12.3 Å². The summed E-state index contributed by atoms with van der Waals surface area (Å²) < 4.78 is 36.8. The molecule has 1 aromatic rings. The van der Waals surface area contributed by atoms with Crippen LogP contribution >= 0.6 is 11.8 Å². The standard InChI is InChI=1S/C11H14F3NS/c12-11(13,14)10-4-2-9(3-5-10)8-16-7-1-6-15/h2-5H,1,6-8,15H2. The Morgan fingerprint density at radius 3 is 2.25 bits per heavy atom. The Balaban J connectivity index is 2.46. The lowest BCUT2D eigenvalue weighted by Gasteiger charge is -2.07. The maximum atomic E-state index is 12.3. The summed E-state index contributed by atoms with van der Waals surface area (Å²) in [6, 6.07) is 5.30. The Kier molecular flexibility index (Phi) is 5.15. The van der Waals surface area contributed by atoms with Crippen LogP contribution in [0, 0.1) is 0 Å². The van der Waals surface area contributed by atoms with Crippen molar-refractivity contribution in [2.45, 2.75) is 18.3 Å². The second-order valence-corrected chi connectivity index (χ2v) is 4.49. The molecule has 0 aromatic heterocycles. The van der Waals surface area contributed by atoms with Gasteiger partial charge in [0.15, 0.2) is 0 Å². The van der Waals surface area contributed by atoms with Crippen molar-refractivity contribution in [2.24, 2.45) is 5.73 Å². The van der Waals surface area contributed by atoms with E-state index < -0.39 is 11.7 Å². The molecule has 0 spiro atoms. The van der Waals surface area contributed by atoms with Gasteiger partial charge in [0.1, 0.15) is 0 Å². The molecular formula is C11H14F3NS. The van der Waals surface area contributed by atoms with Crippen molar-refractivity contribution in [3.05, 3.63) is 35.4 Å². The van der Waals surface area contributed by atoms with Gasteiger partial charge in [0.05, 0.1) is 5.56 Å². The van der Waals surface area contributed by atoms with Crippen LogP contribution in [0.15, 0.2) is 24.3 Å². The van der Waals surface area contributed by atoms with Gasteiger partial charge in [0.25, 0.3) is 0 Å². The van der Waals surface area contributed by atoms with Gasteiger partial charge in [-0.2, -0.15) is 24.9 Å². The van der Waals surface area contributed by atoms with E-state index in [2.05, 4.69) is 0 Å². The van der Waals surface area contributed by atoms with Gasteiger partial charge in [0.2, 0.25) is 0 Å². The second-order valence-electron chi connectivity index (χ2n) is 3.39. The van der Waals surface area contributed by atoms with Crippen LogP contribution in [0.3, 0.4) is 0 Å². The summed E-state index contributed by atoms with van der Waals surface area (Å²) in [5.74, 6) is 1.68. The summed E-state index contributed by atoms with van der Waals surface area (Å²) in [5.41, 5.74) is 5.66. The van der Waals surface area contributed by atoms with Crippen molar-refractivity contribution >= 4 is 11.8 Å². The molecule has 0 atom stereocenters. The monoisotopic (exact) mass is 249 g/mol. The summed E-state index contributed by atoms with van der Waals surface area (Å²) in [5, 5.41) is 0. The van der Waals surface area contributed by atoms with Crippen LogP contribution in [0.1, 0.15) is 17.5 Å². The molecule has 5 heteroatoms. The van der Waals surface area contributed by atoms with E-state index in [-0.39, 0.29) is 0 Å². The molecule has 1 aromatic carbocycles. The molecule has 0 aliphatic carbocycles. The summed E-state index contributed by atoms with van der Waals surface area (Å²) in [6.07, 6.45) is -3.31. The Bertz CT molecular complexity index is 308. The van der Waals surface area contributed by atoms with Gasteiger partial charge >= 0.3 is 6.18 Å². The van der Waals surface area contributed by atoms with Gasteiger partial charge in [0, 0.05) is 5.75 Å². The number of alkyl halides is 3. The van der Waals surface area contributed by atoms with E-state index in [1.54, 1.807) is 11.8 Å². The number of hydrogen-bond donors (Lipinski definition) is 1. The van der Waals surface area contributed by atoms with Gasteiger partial charge in [-0.05, 0) is 36.4 Å². The predicted molar refractivity (Wildman–Crippen MR) is 61.3 cm³/mol. The number of nitrogens with two attached hydrogens (primary N) is 1. The van der Waals surface area contributed by atoms with E-state index in [1.165, 1.54) is 12.1 Å². The van der Waals surface area contributed by atoms with E-state index in [4.69, 9.17) is 5.73 Å². The van der Waals surface area contributed by atoms with Crippen LogP contribution in [-0.4, -0.2) is 12.3 Å². The first kappa shape index (κ1) is 13.4. The topological polar surface area (TPSA) is 26.0 Å². The van der Waals surface area contributed by atoms with Gasteiger partial charge in [-0.3, -0.25) is 0 Å². The summed E-state index contributed by atoms with van der Waals surface area (Å²) in [7, 11) is 0. The summed E-state index contributed by atoms with van der Waals surface area (Å²) >= 11 is 1.68. The molecule has 0 saturated carbocycles. The first-order valence-electron chi connectivity index (χ1n) is 4.98. The minimum Gasteiger partial charge on any atom is -0.330 e. The van der Waals surface area contributed by atoms with Crippen LogP contribution in [0.4, 0.5) is 13.2 Å². The second kappa shape index (κ2) is 6.15. The van der Waals surface area contributed by atoms with E-state index in [9.17, 15) is 13.2 Å². The molecule has 0 aliphatic heterocycles. The van der Waals surface area contributed by atoms with Crippen LogP contribution in [0.2, 0.25) is 0 Å². The minimum atomic E-state index is -4.24. The molecule has 2 N–H and O–H groups in total. The van der Waals surface area contributed by atoms with Crippen molar-refractivity contribution in [1.82, 2.24) is 0 Å². The van der Waals surface area contributed by atoms with E-state index in [0.717, 1.165) is 35.6 Å². The number of halogens is 3. The number of rotatable bonds is 5. The lowest BCUT2D eigenvalue weighted by Crippen LogP contribution is -2.04. The Morgan fingerprint density at radius 2 is 1.75 bits per heavy atom. The zero-order valence-corrected chi connectivity index (χ0v) is 9.57. The number of thioether (sulfide) groups is 1. The first-order valence-corrected chi connectivity index (χ1v) is 6.13. The van der Waals surface area contributed by atoms with Gasteiger partial charge in [-0.25, -0.2) is 0 Å². The van der Waals surface area contributed by atoms with Gasteiger partial charge in [-0.15, -0.1) is 0 Å². The predicted octanol–water partition coefficient (Wildman–Crippen LogP) is 3.29. The van der Waals surface area contributed by atoms with E-state index in [0.29, 0.717) is 6.54 Å². The van der Waals surface area contributed by atoms with Crippen molar-refractivity contribution in [3.8, 4) is 0 Å². The van der Waals surface area contributed by atoms with E-state index in [1.807, 2.05) is 0 Å². The molecule has 0 saturated heterocycles. The van der Waals surface area contributed by atoms with Crippen molar-refractivity contribution in [1.29, 1.82) is 0 Å². The molecule has 0 heterocycles. The van der Waals surface area contributed by atoms with Crippen LogP contribution < -0.4 is 5.73 Å². The fourth-order valence-electron chi connectivity index (χ4n) is 1.17. The quantitative estimate of drug-likeness (QED) is 0.810. The third-order valence-corrected chi connectivity index (χ3v) is 3.16. The Morgan fingerprint density at radius 1 is 1.12 bits per heavy atom. The van der Waals surface area contributed by atoms with Crippen LogP contribution in [0.25, 0.3) is 0 Å². The van der Waals surface area contributed by atoms with Crippen LogP contribution in [0.5, 0.6) is 0 Å². The zero-order valence-electron chi connectivity index (χ0n) is 8.76. The number of benzene rings is 1. The highest BCUT2D eigenvalue weighted by Crippen LogP contribution is 2.29. The molecule has 0 unspecified atom stereocenters. The highest BCUT2D eigenvalue weighted by atomic mass is 32.2. The van der Waals surface area contributed by atoms with Crippen molar-refractivity contribution < 1.29 is 13.2 Å². The molecule has 0 radical (unpaired) electrons. The molecule has 0 bridgehead atoms. The van der Waals surface area contributed by atoms with E-state index >= 15 is 0 Å². The Hall–Kier alpha value is -0.680. The fraction of sp³-hybridized carbons (Fsp3) is 0.455. The highest BCUT2D eigenvalue weighted by molar-refractivity contribution is 7.98. The molecule has 90 valence electrons. The fourth-order valence-corrected chi connectivity index (χ4v) is 2.11. The smallest absolute Gasteiger partial charge is 0.330 e. The molecule has 16 heavy (non-hydrogen) atoms. The SMILES string of the molecule is NCCCSCc1ccc(C(F)(F)F)cc1. The average Bonchev–Trinajstić information content (AvgIpc) is 2.24. The lowest BCUT2D eigenvalue weighted by molar-refractivity contribution is -0.137. The molecule has 0 amide bonds. The zero-order chi connectivity index (χ0) is 12.0. The van der Waals surface area contributed by atoms with Gasteiger partial charge in [-0.1, -0.05) is 12.1 Å². The van der Waals surface area contributed by atoms with Crippen LogP contribution in [-0.2, 0) is 11.9 Å². The first-order chi connectivity index (χ1) is 7.54. The van der Waals surface area contributed by atoms with Crippen molar-refractivity contribution in [3.63, 3.8) is 0 Å². The third kappa shape index (κ3) is 4.45. The maximum absolute atomic E-state index is 12.3. The third-order valence-electron chi connectivity index (χ3n) is 2.04. The normalized spacial score (nSPS) is 11.8. The molecule has 0 fully saturated rings. The van der Waals surface area contributed by atoms with Gasteiger partial charge < -0.3 is 5.73 Å². The highest BCUT2D eigenvalue weighted by Gasteiger charge is 2.29. The maximum Gasteiger partial charge on any atom is 0.416 e. The average molecular weight is 249 g/mol. The lowest BCUT2D eigenvalue weighted by atomic mass is 10.1. The largest absolute Gasteiger partial charge is 0.416 e. The minimum absolute atomic E-state index is 0.594. The number of hydrogen-bond acceptors (Lipinski definition) is 2. The summed E-state index contributed by atoms with van der Waals surface area (Å²) in [6.45, 7) is 0.653.